The minimum Gasteiger partial charge on any atom is -0.274 e. The standard InChI is InChI=1S/C14H26F3NO3S/c1-4-5-6-8-12(11(2)3)9-7-10-13(19)18-22(20,21)14(15,16)17/h11-12H,4-10H2,1-3H3,(H,18,19). The molecule has 1 amide bonds. The molecule has 8 heteroatoms. The molecule has 0 heterocycles. The van der Waals surface area contributed by atoms with Crippen molar-refractivity contribution in [1.29, 1.82) is 0 Å². The highest BCUT2D eigenvalue weighted by Gasteiger charge is 2.46. The number of amides is 1. The second-order valence-corrected chi connectivity index (χ2v) is 7.54. The van der Waals surface area contributed by atoms with Gasteiger partial charge in [-0.25, -0.2) is 4.72 Å². The van der Waals surface area contributed by atoms with E-state index in [4.69, 9.17) is 0 Å². The molecule has 0 aromatic heterocycles. The Morgan fingerprint density at radius 2 is 1.64 bits per heavy atom. The molecule has 22 heavy (non-hydrogen) atoms. The van der Waals surface area contributed by atoms with E-state index in [1.165, 1.54) is 0 Å². The first-order valence-electron chi connectivity index (χ1n) is 7.63. The largest absolute Gasteiger partial charge is 0.516 e. The van der Waals surface area contributed by atoms with Crippen LogP contribution in [0.3, 0.4) is 0 Å². The predicted molar refractivity (Wildman–Crippen MR) is 79.4 cm³/mol. The van der Waals surface area contributed by atoms with E-state index in [1.54, 1.807) is 0 Å². The van der Waals surface area contributed by atoms with Crippen molar-refractivity contribution in [3.63, 3.8) is 0 Å². The number of carbonyl (C=O) groups excluding carboxylic acids is 1. The molecule has 1 atom stereocenters. The summed E-state index contributed by atoms with van der Waals surface area (Å²) < 4.78 is 59.0. The highest BCUT2D eigenvalue weighted by Crippen LogP contribution is 2.25. The summed E-state index contributed by atoms with van der Waals surface area (Å²) in [4.78, 5) is 11.3. The number of nitrogens with one attached hydrogen (secondary N) is 1. The molecule has 132 valence electrons. The van der Waals surface area contributed by atoms with E-state index < -0.39 is 21.4 Å². The van der Waals surface area contributed by atoms with Gasteiger partial charge in [0.1, 0.15) is 0 Å². The second-order valence-electron chi connectivity index (χ2n) is 5.87. The SMILES string of the molecule is CCCCCC(CCCC(=O)NS(=O)(=O)C(F)(F)F)C(C)C. The molecule has 0 aliphatic heterocycles. The number of alkyl halides is 3. The molecule has 4 nitrogen and oxygen atoms in total. The van der Waals surface area contributed by atoms with E-state index >= 15 is 0 Å². The molecule has 0 aromatic rings. The van der Waals surface area contributed by atoms with Crippen LogP contribution in [0, 0.1) is 11.8 Å². The van der Waals surface area contributed by atoms with Crippen molar-refractivity contribution >= 4 is 15.9 Å². The van der Waals surface area contributed by atoms with Gasteiger partial charge in [-0.15, -0.1) is 0 Å². The van der Waals surface area contributed by atoms with Gasteiger partial charge in [-0.05, 0) is 24.7 Å². The van der Waals surface area contributed by atoms with Crippen molar-refractivity contribution in [2.24, 2.45) is 11.8 Å². The van der Waals surface area contributed by atoms with E-state index in [0.717, 1.165) is 30.4 Å². The van der Waals surface area contributed by atoms with Gasteiger partial charge in [0.15, 0.2) is 0 Å². The number of hydrogen-bond donors (Lipinski definition) is 1. The van der Waals surface area contributed by atoms with Gasteiger partial charge in [0, 0.05) is 6.42 Å². The zero-order chi connectivity index (χ0) is 17.4. The van der Waals surface area contributed by atoms with Crippen LogP contribution < -0.4 is 4.72 Å². The molecule has 1 unspecified atom stereocenters. The first kappa shape index (κ1) is 21.2. The number of unbranched alkanes of at least 4 members (excludes halogenated alkanes) is 2. The highest BCUT2D eigenvalue weighted by molar-refractivity contribution is 7.90. The molecule has 0 spiro atoms. The van der Waals surface area contributed by atoms with E-state index in [-0.39, 0.29) is 6.42 Å². The summed E-state index contributed by atoms with van der Waals surface area (Å²) in [5.74, 6) is -0.272. The van der Waals surface area contributed by atoms with Gasteiger partial charge in [-0.3, -0.25) is 4.79 Å². The third kappa shape index (κ3) is 8.00. The van der Waals surface area contributed by atoms with Gasteiger partial charge < -0.3 is 0 Å². The van der Waals surface area contributed by atoms with E-state index in [1.807, 2.05) is 0 Å². The fourth-order valence-corrected chi connectivity index (χ4v) is 2.77. The summed E-state index contributed by atoms with van der Waals surface area (Å²) in [5, 5.41) is 0. The van der Waals surface area contributed by atoms with Crippen LogP contribution in [0.4, 0.5) is 13.2 Å². The fraction of sp³-hybridized carbons (Fsp3) is 0.929. The maximum absolute atomic E-state index is 12.1. The van der Waals surface area contributed by atoms with Gasteiger partial charge in [-0.2, -0.15) is 21.6 Å². The average molecular weight is 345 g/mol. The Balaban J connectivity index is 4.24. The summed E-state index contributed by atoms with van der Waals surface area (Å²) >= 11 is 0. The third-order valence-corrected chi connectivity index (χ3v) is 4.76. The minimum atomic E-state index is -5.58. The zero-order valence-electron chi connectivity index (χ0n) is 13.4. The number of halogens is 3. The lowest BCUT2D eigenvalue weighted by molar-refractivity contribution is -0.120. The van der Waals surface area contributed by atoms with Crippen molar-refractivity contribution in [3.8, 4) is 0 Å². The van der Waals surface area contributed by atoms with E-state index in [9.17, 15) is 26.4 Å². The molecule has 0 rings (SSSR count). The molecule has 0 aliphatic carbocycles. The van der Waals surface area contributed by atoms with Gasteiger partial charge in [-0.1, -0.05) is 46.5 Å². The van der Waals surface area contributed by atoms with Gasteiger partial charge in [0.25, 0.3) is 0 Å². The summed E-state index contributed by atoms with van der Waals surface area (Å²) in [5.41, 5.74) is -5.46. The summed E-state index contributed by atoms with van der Waals surface area (Å²) in [6.07, 6.45) is 5.24. The topological polar surface area (TPSA) is 63.2 Å². The molecule has 0 aliphatic rings. The lowest BCUT2D eigenvalue weighted by Crippen LogP contribution is -2.40. The number of hydrogen-bond acceptors (Lipinski definition) is 3. The second kappa shape index (κ2) is 9.37. The summed E-state index contributed by atoms with van der Waals surface area (Å²) in [6, 6.07) is 0. The maximum Gasteiger partial charge on any atom is 0.516 e. The Bertz CT molecular complexity index is 433. The van der Waals surface area contributed by atoms with E-state index in [2.05, 4.69) is 20.8 Å². The molecular formula is C14H26F3NO3S. The van der Waals surface area contributed by atoms with Crippen molar-refractivity contribution in [2.75, 3.05) is 0 Å². The van der Waals surface area contributed by atoms with Gasteiger partial charge in [0.05, 0.1) is 0 Å². The normalized spacial score (nSPS) is 14.1. The van der Waals surface area contributed by atoms with Crippen LogP contribution in [-0.2, 0) is 14.8 Å². The van der Waals surface area contributed by atoms with Crippen molar-refractivity contribution in [3.05, 3.63) is 0 Å². The van der Waals surface area contributed by atoms with Crippen LogP contribution in [0.5, 0.6) is 0 Å². The van der Waals surface area contributed by atoms with Crippen LogP contribution in [-0.4, -0.2) is 19.8 Å². The molecule has 1 N–H and O–H groups in total. The first-order valence-corrected chi connectivity index (χ1v) is 9.11. The third-order valence-electron chi connectivity index (χ3n) is 3.65. The average Bonchev–Trinajstić information content (AvgIpc) is 2.34. The van der Waals surface area contributed by atoms with Gasteiger partial charge in [0.2, 0.25) is 5.91 Å². The Labute approximate surface area is 130 Å². The Kier molecular flexibility index (Phi) is 9.04. The monoisotopic (exact) mass is 345 g/mol. The fourth-order valence-electron chi connectivity index (χ4n) is 2.25. The van der Waals surface area contributed by atoms with Crippen LogP contribution in [0.2, 0.25) is 0 Å². The van der Waals surface area contributed by atoms with E-state index in [0.29, 0.717) is 24.7 Å². The molecule has 0 saturated heterocycles. The lowest BCUT2D eigenvalue weighted by Gasteiger charge is -2.20. The quantitative estimate of drug-likeness (QED) is 0.609. The van der Waals surface area contributed by atoms with Crippen molar-refractivity contribution < 1.29 is 26.4 Å². The van der Waals surface area contributed by atoms with Gasteiger partial charge >= 0.3 is 15.5 Å². The smallest absolute Gasteiger partial charge is 0.274 e. The number of sulfonamides is 1. The van der Waals surface area contributed by atoms with Crippen LogP contribution in [0.25, 0.3) is 0 Å². The van der Waals surface area contributed by atoms with Crippen molar-refractivity contribution in [1.82, 2.24) is 4.72 Å². The van der Waals surface area contributed by atoms with Crippen LogP contribution in [0.1, 0.15) is 65.7 Å². The van der Waals surface area contributed by atoms with Crippen molar-refractivity contribution in [2.45, 2.75) is 71.2 Å². The molecule has 0 fully saturated rings. The highest BCUT2D eigenvalue weighted by atomic mass is 32.2. The Morgan fingerprint density at radius 3 is 2.09 bits per heavy atom. The molecular weight excluding hydrogens is 319 g/mol. The maximum atomic E-state index is 12.1. The first-order chi connectivity index (χ1) is 10.0. The Hall–Kier alpha value is -0.790. The molecule has 0 bridgehead atoms. The molecule has 0 aromatic carbocycles. The van der Waals surface area contributed by atoms with Crippen LogP contribution >= 0.6 is 0 Å². The lowest BCUT2D eigenvalue weighted by atomic mass is 9.86. The zero-order valence-corrected chi connectivity index (χ0v) is 14.2. The number of carbonyl (C=O) groups is 1. The summed E-state index contributed by atoms with van der Waals surface area (Å²) in [6.45, 7) is 6.26. The molecule has 0 radical (unpaired) electrons. The molecule has 0 saturated carbocycles. The predicted octanol–water partition coefficient (Wildman–Crippen LogP) is 3.98. The number of rotatable bonds is 10. The minimum absolute atomic E-state index is 0.216. The van der Waals surface area contributed by atoms with Crippen LogP contribution in [0.15, 0.2) is 0 Å². The Morgan fingerprint density at radius 1 is 1.09 bits per heavy atom. The summed E-state index contributed by atoms with van der Waals surface area (Å²) in [7, 11) is -5.58.